The molecule has 26 heavy (non-hydrogen) atoms. The maximum absolute atomic E-state index is 12.2. The van der Waals surface area contributed by atoms with Crippen LogP contribution in [0.2, 0.25) is 0 Å². The van der Waals surface area contributed by atoms with E-state index in [1.807, 2.05) is 48.0 Å². The molecule has 0 bridgehead atoms. The van der Waals surface area contributed by atoms with Crippen LogP contribution in [0.5, 0.6) is 5.75 Å². The number of rotatable bonds is 5. The summed E-state index contributed by atoms with van der Waals surface area (Å²) >= 11 is 0. The molecule has 1 amide bonds. The van der Waals surface area contributed by atoms with Gasteiger partial charge in [-0.1, -0.05) is 0 Å². The predicted molar refractivity (Wildman–Crippen MR) is 103 cm³/mol. The molecule has 2 rings (SSSR count). The summed E-state index contributed by atoms with van der Waals surface area (Å²) in [7, 11) is 4.07. The Morgan fingerprint density at radius 3 is 2.54 bits per heavy atom. The molecule has 0 N–H and O–H groups in total. The van der Waals surface area contributed by atoms with Crippen molar-refractivity contribution in [3.63, 3.8) is 0 Å². The summed E-state index contributed by atoms with van der Waals surface area (Å²) < 4.78 is 11.5. The molecule has 1 aromatic rings. The number of carbonyl (C=O) groups excluding carboxylic acids is 1. The molecule has 1 aromatic heterocycles. The van der Waals surface area contributed by atoms with E-state index in [1.165, 1.54) is 0 Å². The minimum atomic E-state index is -0.458. The summed E-state index contributed by atoms with van der Waals surface area (Å²) in [5.41, 5.74) is 1.65. The van der Waals surface area contributed by atoms with E-state index in [1.54, 1.807) is 4.90 Å². The highest BCUT2D eigenvalue weighted by Gasteiger charge is 2.29. The van der Waals surface area contributed by atoms with Crippen LogP contribution >= 0.6 is 0 Å². The van der Waals surface area contributed by atoms with Crippen LogP contribution in [-0.4, -0.2) is 66.8 Å². The SMILES string of the molecule is Cc1cnc(C2CCN(C(=O)OC(C)(C)C)CC2)c(OCCN(C)C)c1. The molecule has 146 valence electrons. The molecule has 0 atom stereocenters. The highest BCUT2D eigenvalue weighted by molar-refractivity contribution is 5.68. The lowest BCUT2D eigenvalue weighted by Gasteiger charge is -2.33. The van der Waals surface area contributed by atoms with Crippen LogP contribution in [0, 0.1) is 6.92 Å². The van der Waals surface area contributed by atoms with Gasteiger partial charge in [-0.25, -0.2) is 4.79 Å². The van der Waals surface area contributed by atoms with E-state index >= 15 is 0 Å². The molecule has 0 radical (unpaired) electrons. The molecule has 1 saturated heterocycles. The third-order valence-corrected chi connectivity index (χ3v) is 4.35. The van der Waals surface area contributed by atoms with Gasteiger partial charge in [0.05, 0.1) is 5.69 Å². The van der Waals surface area contributed by atoms with Gasteiger partial charge in [-0.2, -0.15) is 0 Å². The second-order valence-corrected chi connectivity index (χ2v) is 8.29. The fraction of sp³-hybridized carbons (Fsp3) is 0.700. The summed E-state index contributed by atoms with van der Waals surface area (Å²) in [5.74, 6) is 1.19. The van der Waals surface area contributed by atoms with Crippen LogP contribution in [0.4, 0.5) is 4.79 Å². The van der Waals surface area contributed by atoms with Crippen LogP contribution in [0.25, 0.3) is 0 Å². The average molecular weight is 364 g/mol. The summed E-state index contributed by atoms with van der Waals surface area (Å²) in [6.07, 6.45) is 3.42. The summed E-state index contributed by atoms with van der Waals surface area (Å²) in [6.45, 7) is 10.6. The van der Waals surface area contributed by atoms with Crippen molar-refractivity contribution in [2.24, 2.45) is 0 Å². The maximum Gasteiger partial charge on any atom is 0.410 e. The highest BCUT2D eigenvalue weighted by Crippen LogP contribution is 2.33. The number of hydrogen-bond donors (Lipinski definition) is 0. The Balaban J connectivity index is 1.99. The average Bonchev–Trinajstić information content (AvgIpc) is 2.53. The van der Waals surface area contributed by atoms with Crippen LogP contribution in [0.1, 0.15) is 50.8 Å². The first-order chi connectivity index (χ1) is 12.2. The second-order valence-electron chi connectivity index (χ2n) is 8.29. The van der Waals surface area contributed by atoms with E-state index in [0.29, 0.717) is 25.6 Å². The zero-order chi connectivity index (χ0) is 19.3. The van der Waals surface area contributed by atoms with E-state index in [-0.39, 0.29) is 6.09 Å². The number of aromatic nitrogens is 1. The van der Waals surface area contributed by atoms with Gasteiger partial charge in [0.2, 0.25) is 0 Å². The van der Waals surface area contributed by atoms with E-state index in [2.05, 4.69) is 16.0 Å². The monoisotopic (exact) mass is 363 g/mol. The predicted octanol–water partition coefficient (Wildman–Crippen LogP) is 3.44. The second kappa shape index (κ2) is 8.71. The Labute approximate surface area is 157 Å². The number of likely N-dealkylation sites (tertiary alicyclic amines) is 1. The van der Waals surface area contributed by atoms with Gasteiger partial charge < -0.3 is 19.3 Å². The first-order valence-corrected chi connectivity index (χ1v) is 9.37. The van der Waals surface area contributed by atoms with Crippen molar-refractivity contribution in [2.75, 3.05) is 40.3 Å². The number of amides is 1. The molecule has 1 aliphatic rings. The number of piperidine rings is 1. The molecule has 2 heterocycles. The molecule has 0 unspecified atom stereocenters. The van der Waals surface area contributed by atoms with Gasteiger partial charge in [0.25, 0.3) is 0 Å². The fourth-order valence-electron chi connectivity index (χ4n) is 2.98. The minimum absolute atomic E-state index is 0.227. The van der Waals surface area contributed by atoms with Crippen LogP contribution in [0.3, 0.4) is 0 Å². The lowest BCUT2D eigenvalue weighted by molar-refractivity contribution is 0.0203. The smallest absolute Gasteiger partial charge is 0.410 e. The summed E-state index contributed by atoms with van der Waals surface area (Å²) in [5, 5.41) is 0. The van der Waals surface area contributed by atoms with E-state index in [0.717, 1.165) is 36.4 Å². The topological polar surface area (TPSA) is 54.9 Å². The van der Waals surface area contributed by atoms with Crippen molar-refractivity contribution < 1.29 is 14.3 Å². The number of likely N-dealkylation sites (N-methyl/N-ethyl adjacent to an activating group) is 1. The minimum Gasteiger partial charge on any atom is -0.490 e. The number of hydrogen-bond acceptors (Lipinski definition) is 5. The van der Waals surface area contributed by atoms with E-state index < -0.39 is 5.60 Å². The van der Waals surface area contributed by atoms with Gasteiger partial charge in [0, 0.05) is 31.7 Å². The molecule has 6 heteroatoms. The molecular weight excluding hydrogens is 330 g/mol. The van der Waals surface area contributed by atoms with Crippen molar-refractivity contribution in [3.8, 4) is 5.75 Å². The number of ether oxygens (including phenoxy) is 2. The van der Waals surface area contributed by atoms with Gasteiger partial charge in [0.15, 0.2) is 0 Å². The van der Waals surface area contributed by atoms with Crippen molar-refractivity contribution >= 4 is 6.09 Å². The van der Waals surface area contributed by atoms with Crippen molar-refractivity contribution in [3.05, 3.63) is 23.5 Å². The zero-order valence-corrected chi connectivity index (χ0v) is 17.0. The molecule has 6 nitrogen and oxygen atoms in total. The summed E-state index contributed by atoms with van der Waals surface area (Å²) in [6, 6.07) is 2.07. The number of nitrogens with zero attached hydrogens (tertiary/aromatic N) is 3. The van der Waals surface area contributed by atoms with Crippen molar-refractivity contribution in [2.45, 2.75) is 52.1 Å². The van der Waals surface area contributed by atoms with Gasteiger partial charge in [-0.15, -0.1) is 0 Å². The van der Waals surface area contributed by atoms with Crippen molar-refractivity contribution in [1.29, 1.82) is 0 Å². The molecule has 1 aliphatic heterocycles. The lowest BCUT2D eigenvalue weighted by atomic mass is 9.92. The number of pyridine rings is 1. The summed E-state index contributed by atoms with van der Waals surface area (Å²) in [4.78, 5) is 20.8. The Bertz CT molecular complexity index is 603. The molecule has 0 spiro atoms. The Kier molecular flexibility index (Phi) is 6.87. The first-order valence-electron chi connectivity index (χ1n) is 9.37. The van der Waals surface area contributed by atoms with Gasteiger partial charge in [0.1, 0.15) is 18.0 Å². The van der Waals surface area contributed by atoms with E-state index in [9.17, 15) is 4.79 Å². The standard InChI is InChI=1S/C20H33N3O3/c1-15-13-17(25-12-11-22(5)6)18(21-14-15)16-7-9-23(10-8-16)19(24)26-20(2,3)4/h13-14,16H,7-12H2,1-6H3. The van der Waals surface area contributed by atoms with Crippen molar-refractivity contribution in [1.82, 2.24) is 14.8 Å². The zero-order valence-electron chi connectivity index (χ0n) is 17.0. The quantitative estimate of drug-likeness (QED) is 0.802. The first kappa shape index (κ1) is 20.5. The number of carbonyl (C=O) groups is 1. The Morgan fingerprint density at radius 1 is 1.31 bits per heavy atom. The maximum atomic E-state index is 12.2. The lowest BCUT2D eigenvalue weighted by Crippen LogP contribution is -2.41. The van der Waals surface area contributed by atoms with Crippen LogP contribution < -0.4 is 4.74 Å². The van der Waals surface area contributed by atoms with Gasteiger partial charge in [-0.3, -0.25) is 4.98 Å². The normalized spacial score (nSPS) is 16.0. The van der Waals surface area contributed by atoms with Gasteiger partial charge >= 0.3 is 6.09 Å². The third-order valence-electron chi connectivity index (χ3n) is 4.35. The van der Waals surface area contributed by atoms with Crippen LogP contribution in [-0.2, 0) is 4.74 Å². The fourth-order valence-corrected chi connectivity index (χ4v) is 2.98. The Morgan fingerprint density at radius 2 is 1.96 bits per heavy atom. The molecule has 0 aliphatic carbocycles. The van der Waals surface area contributed by atoms with E-state index in [4.69, 9.17) is 9.47 Å². The molecule has 1 fully saturated rings. The Hall–Kier alpha value is -1.82. The highest BCUT2D eigenvalue weighted by atomic mass is 16.6. The number of aryl methyl sites for hydroxylation is 1. The van der Waals surface area contributed by atoms with Gasteiger partial charge in [-0.05, 0) is 66.3 Å². The molecular formula is C20H33N3O3. The molecule has 0 saturated carbocycles. The largest absolute Gasteiger partial charge is 0.490 e. The van der Waals surface area contributed by atoms with Crippen LogP contribution in [0.15, 0.2) is 12.3 Å². The molecule has 0 aromatic carbocycles. The third kappa shape index (κ3) is 6.16.